The zero-order valence-electron chi connectivity index (χ0n) is 13.5. The van der Waals surface area contributed by atoms with Crippen LogP contribution in [0, 0.1) is 17.2 Å². The van der Waals surface area contributed by atoms with Gasteiger partial charge in [0, 0.05) is 20.3 Å². The zero-order valence-corrected chi connectivity index (χ0v) is 14.3. The molecular weight excluding hydrogens is 330 g/mol. The van der Waals surface area contributed by atoms with Crippen LogP contribution in [0.4, 0.5) is 0 Å². The fourth-order valence-corrected chi connectivity index (χ4v) is 3.35. The highest BCUT2D eigenvalue weighted by molar-refractivity contribution is 8.14. The number of benzene rings is 1. The first-order chi connectivity index (χ1) is 11.6. The molecule has 2 atom stereocenters. The third kappa shape index (κ3) is 4.19. The number of hydrogen-bond donors (Lipinski definition) is 2. The molecule has 1 aromatic rings. The molecule has 2 N–H and O–H groups in total. The molecule has 1 aliphatic heterocycles. The average molecular weight is 349 g/mol. The van der Waals surface area contributed by atoms with Gasteiger partial charge in [-0.25, -0.2) is 0 Å². The Labute approximate surface area is 144 Å². The number of hydrogen-bond acceptors (Lipinski definition) is 7. The summed E-state index contributed by atoms with van der Waals surface area (Å²) in [6, 6.07) is 6.85. The lowest BCUT2D eigenvalue weighted by atomic mass is 10.1. The first-order valence-corrected chi connectivity index (χ1v) is 8.25. The molecule has 1 heterocycles. The summed E-state index contributed by atoms with van der Waals surface area (Å²) >= 11 is 1.32. The molecule has 1 aromatic carbocycles. The molecule has 0 radical (unpaired) electrons. The number of carbonyl (C=O) groups excluding carboxylic acids is 1. The summed E-state index contributed by atoms with van der Waals surface area (Å²) in [6.45, 7) is 1.07. The van der Waals surface area contributed by atoms with Gasteiger partial charge in [0.1, 0.15) is 5.37 Å². The molecule has 24 heavy (non-hydrogen) atoms. The minimum atomic E-state index is -0.896. The van der Waals surface area contributed by atoms with Crippen molar-refractivity contribution in [3.63, 3.8) is 0 Å². The Hall–Kier alpha value is -2.24. The lowest BCUT2D eigenvalue weighted by molar-refractivity contribution is -0.122. The van der Waals surface area contributed by atoms with Crippen LogP contribution in [0.3, 0.4) is 0 Å². The van der Waals surface area contributed by atoms with Crippen molar-refractivity contribution in [2.75, 3.05) is 27.4 Å². The maximum absolute atomic E-state index is 12.2. The number of phenols is 1. The number of methoxy groups -OCH3 is 2. The van der Waals surface area contributed by atoms with Gasteiger partial charge in [0.25, 0.3) is 0 Å². The number of ether oxygens (including phenoxy) is 2. The highest BCUT2D eigenvalue weighted by atomic mass is 32.2. The van der Waals surface area contributed by atoms with Crippen LogP contribution in [0.5, 0.6) is 11.5 Å². The molecule has 1 saturated heterocycles. The second-order valence-corrected chi connectivity index (χ2v) is 6.19. The summed E-state index contributed by atoms with van der Waals surface area (Å²) < 4.78 is 10.1. The molecule has 1 unspecified atom stereocenters. The summed E-state index contributed by atoms with van der Waals surface area (Å²) in [6.07, 6.45) is 0.720. The first kappa shape index (κ1) is 18.1. The molecule has 0 saturated carbocycles. The number of aromatic hydroxyl groups is 1. The summed E-state index contributed by atoms with van der Waals surface area (Å²) in [4.78, 5) is 16.6. The predicted molar refractivity (Wildman–Crippen MR) is 91.0 cm³/mol. The highest BCUT2D eigenvalue weighted by Crippen LogP contribution is 2.37. The van der Waals surface area contributed by atoms with Gasteiger partial charge in [0.2, 0.25) is 5.91 Å². The molecule has 128 valence electrons. The van der Waals surface area contributed by atoms with Crippen molar-refractivity contribution in [3.05, 3.63) is 23.8 Å². The maximum Gasteiger partial charge on any atom is 0.245 e. The molecule has 0 spiro atoms. The SMILES string of the molecule is COCCCN=C1S[C@H](c2ccc(O)c(OC)c2)NC(=O)C1C#N. The van der Waals surface area contributed by atoms with Gasteiger partial charge in [0.15, 0.2) is 17.4 Å². The fourth-order valence-electron chi connectivity index (χ4n) is 2.19. The van der Waals surface area contributed by atoms with E-state index in [4.69, 9.17) is 9.47 Å². The summed E-state index contributed by atoms with van der Waals surface area (Å²) in [5, 5.41) is 21.8. The minimum absolute atomic E-state index is 0.0248. The van der Waals surface area contributed by atoms with Crippen molar-refractivity contribution in [2.45, 2.75) is 11.8 Å². The molecule has 1 fully saturated rings. The van der Waals surface area contributed by atoms with Crippen molar-refractivity contribution >= 4 is 22.7 Å². The molecule has 8 heteroatoms. The zero-order chi connectivity index (χ0) is 17.5. The maximum atomic E-state index is 12.2. The van der Waals surface area contributed by atoms with Crippen molar-refractivity contribution < 1.29 is 19.4 Å². The lowest BCUT2D eigenvalue weighted by Crippen LogP contribution is -2.41. The lowest BCUT2D eigenvalue weighted by Gasteiger charge is -2.27. The Kier molecular flexibility index (Phi) is 6.46. The summed E-state index contributed by atoms with van der Waals surface area (Å²) in [5.74, 6) is -0.924. The van der Waals surface area contributed by atoms with Crippen LogP contribution in [-0.4, -0.2) is 43.4 Å². The number of amides is 1. The molecule has 7 nitrogen and oxygen atoms in total. The van der Waals surface area contributed by atoms with Crippen LogP contribution in [0.15, 0.2) is 23.2 Å². The van der Waals surface area contributed by atoms with E-state index in [1.807, 2.05) is 6.07 Å². The average Bonchev–Trinajstić information content (AvgIpc) is 2.58. The smallest absolute Gasteiger partial charge is 0.245 e. The predicted octanol–water partition coefficient (Wildman–Crippen LogP) is 1.84. The van der Waals surface area contributed by atoms with Crippen LogP contribution in [0.1, 0.15) is 17.4 Å². The van der Waals surface area contributed by atoms with E-state index in [1.165, 1.54) is 24.9 Å². The second kappa shape index (κ2) is 8.57. The van der Waals surface area contributed by atoms with E-state index in [0.29, 0.717) is 23.9 Å². The van der Waals surface area contributed by atoms with Gasteiger partial charge in [-0.1, -0.05) is 17.8 Å². The van der Waals surface area contributed by atoms with Gasteiger partial charge < -0.3 is 19.9 Å². The van der Waals surface area contributed by atoms with Crippen LogP contribution in [-0.2, 0) is 9.53 Å². The normalized spacial score (nSPS) is 22.0. The van der Waals surface area contributed by atoms with E-state index in [9.17, 15) is 15.2 Å². The monoisotopic (exact) mass is 349 g/mol. The van der Waals surface area contributed by atoms with E-state index in [-0.39, 0.29) is 11.7 Å². The minimum Gasteiger partial charge on any atom is -0.504 e. The number of aliphatic imine (C=N–C) groups is 1. The number of nitrogens with zero attached hydrogens (tertiary/aromatic N) is 2. The first-order valence-electron chi connectivity index (χ1n) is 7.37. The van der Waals surface area contributed by atoms with Crippen molar-refractivity contribution in [3.8, 4) is 17.6 Å². The van der Waals surface area contributed by atoms with E-state index in [1.54, 1.807) is 19.2 Å². The molecule has 0 aromatic heterocycles. The van der Waals surface area contributed by atoms with Crippen LogP contribution in [0.2, 0.25) is 0 Å². The van der Waals surface area contributed by atoms with Crippen molar-refractivity contribution in [1.82, 2.24) is 5.32 Å². The number of phenolic OH excluding ortho intramolecular Hbond substituents is 1. The van der Waals surface area contributed by atoms with Crippen LogP contribution < -0.4 is 10.1 Å². The van der Waals surface area contributed by atoms with E-state index in [2.05, 4.69) is 10.3 Å². The number of rotatable bonds is 6. The number of carbonyl (C=O) groups is 1. The van der Waals surface area contributed by atoms with Gasteiger partial charge in [-0.15, -0.1) is 0 Å². The topological polar surface area (TPSA) is 104 Å². The highest BCUT2D eigenvalue weighted by Gasteiger charge is 2.35. The quantitative estimate of drug-likeness (QED) is 0.760. The number of nitrogens with one attached hydrogen (secondary N) is 1. The summed E-state index contributed by atoms with van der Waals surface area (Å²) in [7, 11) is 3.07. The Bertz CT molecular complexity index is 672. The van der Waals surface area contributed by atoms with Gasteiger partial charge in [-0.3, -0.25) is 9.79 Å². The van der Waals surface area contributed by atoms with Gasteiger partial charge in [-0.05, 0) is 24.1 Å². The molecule has 0 aliphatic carbocycles. The summed E-state index contributed by atoms with van der Waals surface area (Å²) in [5.41, 5.74) is 0.754. The largest absolute Gasteiger partial charge is 0.504 e. The Morgan fingerprint density at radius 2 is 2.25 bits per heavy atom. The fraction of sp³-hybridized carbons (Fsp3) is 0.438. The Morgan fingerprint density at radius 3 is 2.92 bits per heavy atom. The number of nitriles is 1. The van der Waals surface area contributed by atoms with Gasteiger partial charge >= 0.3 is 0 Å². The second-order valence-electron chi connectivity index (χ2n) is 5.07. The molecule has 0 bridgehead atoms. The van der Waals surface area contributed by atoms with E-state index in [0.717, 1.165) is 12.0 Å². The number of thioether (sulfide) groups is 1. The van der Waals surface area contributed by atoms with Gasteiger partial charge in [-0.2, -0.15) is 5.26 Å². The Morgan fingerprint density at radius 1 is 1.46 bits per heavy atom. The van der Waals surface area contributed by atoms with Gasteiger partial charge in [0.05, 0.1) is 18.2 Å². The van der Waals surface area contributed by atoms with Crippen LogP contribution >= 0.6 is 11.8 Å². The molecule has 1 aliphatic rings. The van der Waals surface area contributed by atoms with Crippen molar-refractivity contribution in [1.29, 1.82) is 5.26 Å². The van der Waals surface area contributed by atoms with E-state index >= 15 is 0 Å². The third-order valence-corrected chi connectivity index (χ3v) is 4.66. The van der Waals surface area contributed by atoms with E-state index < -0.39 is 11.3 Å². The molecule has 2 rings (SSSR count). The Balaban J connectivity index is 2.21. The standard InChI is InChI=1S/C16H19N3O4S/c1-22-7-3-6-18-16-11(9-17)14(21)19-15(24-16)10-4-5-12(20)13(8-10)23-2/h4-5,8,11,15,20H,3,6-7H2,1-2H3,(H,19,21)/t11?,15-/m1/s1. The third-order valence-electron chi connectivity index (χ3n) is 3.43. The molecule has 1 amide bonds. The van der Waals surface area contributed by atoms with Crippen LogP contribution in [0.25, 0.3) is 0 Å². The molecular formula is C16H19N3O4S. The van der Waals surface area contributed by atoms with Crippen molar-refractivity contribution in [2.24, 2.45) is 10.9 Å².